The van der Waals surface area contributed by atoms with Gasteiger partial charge >= 0.3 is 0 Å². The van der Waals surface area contributed by atoms with Gasteiger partial charge in [0.15, 0.2) is 0 Å². The quantitative estimate of drug-likeness (QED) is 0.847. The van der Waals surface area contributed by atoms with Crippen molar-refractivity contribution < 1.29 is 0 Å². The lowest BCUT2D eigenvalue weighted by atomic mass is 9.77. The summed E-state index contributed by atoms with van der Waals surface area (Å²) < 4.78 is 1.23. The van der Waals surface area contributed by atoms with Crippen LogP contribution in [0.5, 0.6) is 0 Å². The van der Waals surface area contributed by atoms with Crippen molar-refractivity contribution in [1.29, 1.82) is 0 Å². The number of benzene rings is 2. The zero-order chi connectivity index (χ0) is 13.9. The average Bonchev–Trinajstić information content (AvgIpc) is 2.49. The number of hydrogen-bond donors (Lipinski definition) is 1. The predicted octanol–water partition coefficient (Wildman–Crippen LogP) is 4.62. The second kappa shape index (κ2) is 6.11. The van der Waals surface area contributed by atoms with E-state index in [2.05, 4.69) is 76.7 Å². The minimum atomic E-state index is 0.544. The first-order valence-corrected chi connectivity index (χ1v) is 8.06. The van der Waals surface area contributed by atoms with Crippen LogP contribution in [0.1, 0.15) is 34.9 Å². The Labute approximate surface area is 129 Å². The van der Waals surface area contributed by atoms with Crippen molar-refractivity contribution in [2.75, 3.05) is 13.1 Å². The highest BCUT2D eigenvalue weighted by Gasteiger charge is 2.28. The molecule has 1 nitrogen and oxygen atoms in total. The molecule has 0 amide bonds. The normalized spacial score (nSPS) is 22.7. The van der Waals surface area contributed by atoms with Gasteiger partial charge < -0.3 is 5.32 Å². The fourth-order valence-corrected chi connectivity index (χ4v) is 3.75. The van der Waals surface area contributed by atoms with E-state index < -0.39 is 0 Å². The van der Waals surface area contributed by atoms with Gasteiger partial charge in [0, 0.05) is 16.9 Å². The van der Waals surface area contributed by atoms with Crippen molar-refractivity contribution in [1.82, 2.24) is 5.32 Å². The third-order valence-corrected chi connectivity index (χ3v) is 5.01. The van der Waals surface area contributed by atoms with Gasteiger partial charge in [0.05, 0.1) is 0 Å². The van der Waals surface area contributed by atoms with Crippen molar-refractivity contribution >= 4 is 15.9 Å². The van der Waals surface area contributed by atoms with Crippen molar-refractivity contribution in [2.45, 2.75) is 25.2 Å². The molecule has 2 aromatic carbocycles. The first kappa shape index (κ1) is 13.8. The van der Waals surface area contributed by atoms with Crippen LogP contribution in [-0.4, -0.2) is 13.1 Å². The van der Waals surface area contributed by atoms with Gasteiger partial charge in [-0.3, -0.25) is 0 Å². The van der Waals surface area contributed by atoms with Gasteiger partial charge in [-0.25, -0.2) is 0 Å². The number of halogens is 1. The fourth-order valence-electron chi connectivity index (χ4n) is 3.17. The van der Waals surface area contributed by atoms with Gasteiger partial charge in [-0.15, -0.1) is 0 Å². The summed E-state index contributed by atoms with van der Waals surface area (Å²) in [5.41, 5.74) is 4.23. The molecule has 20 heavy (non-hydrogen) atoms. The van der Waals surface area contributed by atoms with Crippen LogP contribution in [0, 0.1) is 6.92 Å². The zero-order valence-electron chi connectivity index (χ0n) is 11.8. The molecular weight excluding hydrogens is 310 g/mol. The monoisotopic (exact) mass is 329 g/mol. The molecule has 1 fully saturated rings. The van der Waals surface area contributed by atoms with Crippen molar-refractivity contribution in [2.24, 2.45) is 0 Å². The molecule has 0 aliphatic carbocycles. The first-order chi connectivity index (χ1) is 9.75. The molecule has 0 bridgehead atoms. The summed E-state index contributed by atoms with van der Waals surface area (Å²) in [7, 11) is 0. The Morgan fingerprint density at radius 1 is 1.00 bits per heavy atom. The smallest absolute Gasteiger partial charge is 0.0210 e. The molecule has 1 heterocycles. The molecular formula is C18H20BrN. The van der Waals surface area contributed by atoms with Gasteiger partial charge in [-0.1, -0.05) is 64.0 Å². The molecule has 1 N–H and O–H groups in total. The number of aryl methyl sites for hydroxylation is 1. The minimum Gasteiger partial charge on any atom is -0.316 e. The third-order valence-electron chi connectivity index (χ3n) is 4.29. The lowest BCUT2D eigenvalue weighted by Crippen LogP contribution is -2.34. The Balaban J connectivity index is 1.95. The van der Waals surface area contributed by atoms with E-state index in [0.29, 0.717) is 11.8 Å². The summed E-state index contributed by atoms with van der Waals surface area (Å²) in [5, 5.41) is 3.55. The molecule has 0 radical (unpaired) electrons. The van der Waals surface area contributed by atoms with Crippen LogP contribution in [0.4, 0.5) is 0 Å². The summed E-state index contributed by atoms with van der Waals surface area (Å²) in [4.78, 5) is 0. The van der Waals surface area contributed by atoms with Gasteiger partial charge in [-0.2, -0.15) is 0 Å². The zero-order valence-corrected chi connectivity index (χ0v) is 13.4. The summed E-state index contributed by atoms with van der Waals surface area (Å²) in [6.07, 6.45) is 1.20. The summed E-state index contributed by atoms with van der Waals surface area (Å²) in [5.74, 6) is 1.15. The average molecular weight is 330 g/mol. The maximum absolute atomic E-state index is 3.72. The summed E-state index contributed by atoms with van der Waals surface area (Å²) in [6, 6.07) is 17.7. The van der Waals surface area contributed by atoms with E-state index in [4.69, 9.17) is 0 Å². The van der Waals surface area contributed by atoms with E-state index in [-0.39, 0.29) is 0 Å². The molecule has 2 heteroatoms. The van der Waals surface area contributed by atoms with E-state index in [1.165, 1.54) is 27.6 Å². The van der Waals surface area contributed by atoms with E-state index >= 15 is 0 Å². The van der Waals surface area contributed by atoms with E-state index in [1.54, 1.807) is 0 Å². The van der Waals surface area contributed by atoms with E-state index in [0.717, 1.165) is 13.1 Å². The van der Waals surface area contributed by atoms with E-state index in [1.807, 2.05) is 0 Å². The van der Waals surface area contributed by atoms with Crippen LogP contribution < -0.4 is 5.32 Å². The van der Waals surface area contributed by atoms with Crippen LogP contribution in [-0.2, 0) is 0 Å². The highest BCUT2D eigenvalue weighted by atomic mass is 79.9. The molecule has 2 unspecified atom stereocenters. The maximum atomic E-state index is 3.72. The number of rotatable bonds is 2. The lowest BCUT2D eigenvalue weighted by Gasteiger charge is -2.33. The van der Waals surface area contributed by atoms with Crippen LogP contribution in [0.25, 0.3) is 0 Å². The van der Waals surface area contributed by atoms with Crippen LogP contribution >= 0.6 is 15.9 Å². The fraction of sp³-hybridized carbons (Fsp3) is 0.333. The van der Waals surface area contributed by atoms with Gasteiger partial charge in [0.25, 0.3) is 0 Å². The second-order valence-electron chi connectivity index (χ2n) is 5.64. The molecule has 0 saturated carbocycles. The molecule has 0 spiro atoms. The summed E-state index contributed by atoms with van der Waals surface area (Å²) in [6.45, 7) is 4.32. The third kappa shape index (κ3) is 2.82. The molecule has 3 rings (SSSR count). The van der Waals surface area contributed by atoms with Crippen LogP contribution in [0.15, 0.2) is 53.0 Å². The van der Waals surface area contributed by atoms with E-state index in [9.17, 15) is 0 Å². The minimum absolute atomic E-state index is 0.544. The van der Waals surface area contributed by atoms with Gasteiger partial charge in [0.1, 0.15) is 0 Å². The Kier molecular flexibility index (Phi) is 4.23. The summed E-state index contributed by atoms with van der Waals surface area (Å²) >= 11 is 3.72. The first-order valence-electron chi connectivity index (χ1n) is 7.27. The molecule has 2 aromatic rings. The lowest BCUT2D eigenvalue weighted by molar-refractivity contribution is 0.403. The van der Waals surface area contributed by atoms with Gasteiger partial charge in [-0.05, 0) is 43.0 Å². The molecule has 1 aliphatic heterocycles. The van der Waals surface area contributed by atoms with Crippen molar-refractivity contribution in [3.8, 4) is 0 Å². The highest BCUT2D eigenvalue weighted by Crippen LogP contribution is 2.39. The Morgan fingerprint density at radius 2 is 1.75 bits per heavy atom. The Bertz CT molecular complexity index is 576. The number of nitrogens with one attached hydrogen (secondary N) is 1. The standard InChI is InChI=1S/C18H20BrN/c1-13-6-8-14(9-7-13)15-10-11-20-12-17(15)16-4-2-3-5-18(16)19/h2-9,15,17,20H,10-12H2,1H3. The number of hydrogen-bond acceptors (Lipinski definition) is 1. The van der Waals surface area contributed by atoms with Gasteiger partial charge in [0.2, 0.25) is 0 Å². The van der Waals surface area contributed by atoms with Crippen LogP contribution in [0.2, 0.25) is 0 Å². The van der Waals surface area contributed by atoms with Crippen LogP contribution in [0.3, 0.4) is 0 Å². The molecule has 0 aromatic heterocycles. The maximum Gasteiger partial charge on any atom is 0.0210 e. The largest absolute Gasteiger partial charge is 0.316 e. The topological polar surface area (TPSA) is 12.0 Å². The highest BCUT2D eigenvalue weighted by molar-refractivity contribution is 9.10. The molecule has 2 atom stereocenters. The van der Waals surface area contributed by atoms with Crippen molar-refractivity contribution in [3.05, 3.63) is 69.7 Å². The Hall–Kier alpha value is -1.12. The molecule has 104 valence electrons. The number of piperidine rings is 1. The molecule has 1 aliphatic rings. The predicted molar refractivity (Wildman–Crippen MR) is 88.3 cm³/mol. The van der Waals surface area contributed by atoms with Crippen molar-refractivity contribution in [3.63, 3.8) is 0 Å². The Morgan fingerprint density at radius 3 is 2.50 bits per heavy atom. The second-order valence-corrected chi connectivity index (χ2v) is 6.49. The SMILES string of the molecule is Cc1ccc(C2CCNCC2c2ccccc2Br)cc1. The molecule has 1 saturated heterocycles.